The Morgan fingerprint density at radius 2 is 2.33 bits per heavy atom. The summed E-state index contributed by atoms with van der Waals surface area (Å²) in [6.07, 6.45) is 5.23. The molecule has 1 fully saturated rings. The van der Waals surface area contributed by atoms with Crippen LogP contribution in [0.2, 0.25) is 0 Å². The highest BCUT2D eigenvalue weighted by molar-refractivity contribution is 5.73. The van der Waals surface area contributed by atoms with Gasteiger partial charge in [-0.1, -0.05) is 6.92 Å². The summed E-state index contributed by atoms with van der Waals surface area (Å²) in [5.41, 5.74) is 5.13. The molecule has 1 aliphatic heterocycles. The monoisotopic (exact) mass is 255 g/mol. The number of hydrogen-bond donors (Lipinski definition) is 2. The molecule has 1 heterocycles. The van der Waals surface area contributed by atoms with Gasteiger partial charge in [-0.05, 0) is 58.2 Å². The molecule has 4 nitrogen and oxygen atoms in total. The lowest BCUT2D eigenvalue weighted by atomic mass is 9.91. The molecule has 0 spiro atoms. The van der Waals surface area contributed by atoms with Gasteiger partial charge in [-0.2, -0.15) is 0 Å². The van der Waals surface area contributed by atoms with E-state index in [4.69, 9.17) is 5.73 Å². The molecule has 0 aromatic carbocycles. The Morgan fingerprint density at radius 3 is 3.00 bits per heavy atom. The zero-order valence-corrected chi connectivity index (χ0v) is 12.0. The first-order valence-corrected chi connectivity index (χ1v) is 7.37. The Balaban J connectivity index is 2.19. The van der Waals surface area contributed by atoms with Crippen LogP contribution in [0.4, 0.5) is 0 Å². The van der Waals surface area contributed by atoms with Crippen molar-refractivity contribution in [3.05, 3.63) is 0 Å². The van der Waals surface area contributed by atoms with Crippen molar-refractivity contribution in [2.24, 2.45) is 11.7 Å². The minimum atomic E-state index is -0.198. The van der Waals surface area contributed by atoms with Gasteiger partial charge in [0.1, 0.15) is 0 Å². The Labute approximate surface area is 111 Å². The molecular weight excluding hydrogens is 226 g/mol. The number of carbonyl (C=O) groups is 1. The van der Waals surface area contributed by atoms with Gasteiger partial charge in [-0.25, -0.2) is 0 Å². The van der Waals surface area contributed by atoms with E-state index in [1.54, 1.807) is 0 Å². The molecule has 0 saturated carbocycles. The van der Waals surface area contributed by atoms with Gasteiger partial charge >= 0.3 is 0 Å². The zero-order chi connectivity index (χ0) is 13.4. The van der Waals surface area contributed by atoms with Gasteiger partial charge in [0, 0.05) is 19.0 Å². The Bertz CT molecular complexity index is 243. The normalized spacial score (nSPS) is 22.9. The standard InChI is InChI=1S/C14H29N3O/c1-3-9-17-10-5-6-13(11-17)12(2)16-8-4-7-14(15)18/h12-13,16H,3-11H2,1-2H3,(H2,15,18). The molecule has 0 bridgehead atoms. The number of nitrogens with zero attached hydrogens (tertiary/aromatic N) is 1. The van der Waals surface area contributed by atoms with Crippen LogP contribution in [0.1, 0.15) is 46.0 Å². The summed E-state index contributed by atoms with van der Waals surface area (Å²) in [6, 6.07) is 0.539. The summed E-state index contributed by atoms with van der Waals surface area (Å²) >= 11 is 0. The summed E-state index contributed by atoms with van der Waals surface area (Å²) in [4.78, 5) is 13.2. The number of piperidine rings is 1. The number of rotatable bonds is 8. The quantitative estimate of drug-likeness (QED) is 0.644. The highest BCUT2D eigenvalue weighted by Gasteiger charge is 2.23. The van der Waals surface area contributed by atoms with E-state index in [9.17, 15) is 4.79 Å². The van der Waals surface area contributed by atoms with E-state index in [0.717, 1.165) is 18.9 Å². The molecule has 0 aromatic heterocycles. The fourth-order valence-electron chi connectivity index (χ4n) is 2.78. The SMILES string of the molecule is CCCN1CCCC(C(C)NCCCC(N)=O)C1. The maximum atomic E-state index is 10.6. The third kappa shape index (κ3) is 5.83. The second-order valence-corrected chi connectivity index (χ2v) is 5.52. The summed E-state index contributed by atoms with van der Waals surface area (Å²) in [5.74, 6) is 0.551. The molecule has 1 aliphatic rings. The molecule has 106 valence electrons. The van der Waals surface area contributed by atoms with Crippen LogP contribution in [0.3, 0.4) is 0 Å². The number of hydrogen-bond acceptors (Lipinski definition) is 3. The van der Waals surface area contributed by atoms with Gasteiger partial charge in [0.25, 0.3) is 0 Å². The van der Waals surface area contributed by atoms with Crippen LogP contribution in [0, 0.1) is 5.92 Å². The lowest BCUT2D eigenvalue weighted by molar-refractivity contribution is -0.118. The molecule has 0 aromatic rings. The van der Waals surface area contributed by atoms with Gasteiger partial charge in [0.05, 0.1) is 0 Å². The molecule has 3 N–H and O–H groups in total. The van der Waals surface area contributed by atoms with Gasteiger partial charge < -0.3 is 16.0 Å². The molecule has 0 radical (unpaired) electrons. The number of nitrogens with one attached hydrogen (secondary N) is 1. The van der Waals surface area contributed by atoms with Crippen molar-refractivity contribution in [3.8, 4) is 0 Å². The smallest absolute Gasteiger partial charge is 0.217 e. The van der Waals surface area contributed by atoms with E-state index in [0.29, 0.717) is 12.5 Å². The molecular formula is C14H29N3O. The van der Waals surface area contributed by atoms with Crippen LogP contribution < -0.4 is 11.1 Å². The van der Waals surface area contributed by atoms with Gasteiger partial charge in [0.15, 0.2) is 0 Å². The predicted molar refractivity (Wildman–Crippen MR) is 75.3 cm³/mol. The molecule has 1 rings (SSSR count). The van der Waals surface area contributed by atoms with Crippen molar-refractivity contribution >= 4 is 5.91 Å². The molecule has 2 unspecified atom stereocenters. The average molecular weight is 255 g/mol. The molecule has 1 amide bonds. The lowest BCUT2D eigenvalue weighted by Crippen LogP contribution is -2.44. The van der Waals surface area contributed by atoms with E-state index in [1.165, 1.54) is 38.9 Å². The number of carbonyl (C=O) groups excluding carboxylic acids is 1. The molecule has 2 atom stereocenters. The minimum Gasteiger partial charge on any atom is -0.370 e. The zero-order valence-electron chi connectivity index (χ0n) is 12.0. The van der Waals surface area contributed by atoms with Crippen LogP contribution in [0.25, 0.3) is 0 Å². The van der Waals surface area contributed by atoms with Crippen molar-refractivity contribution in [2.45, 2.75) is 52.0 Å². The van der Waals surface area contributed by atoms with E-state index >= 15 is 0 Å². The predicted octanol–water partition coefficient (Wildman–Crippen LogP) is 1.35. The van der Waals surface area contributed by atoms with Gasteiger partial charge in [-0.15, -0.1) is 0 Å². The molecule has 0 aliphatic carbocycles. The van der Waals surface area contributed by atoms with Crippen molar-refractivity contribution in [2.75, 3.05) is 26.2 Å². The lowest BCUT2D eigenvalue weighted by Gasteiger charge is -2.36. The molecule has 18 heavy (non-hydrogen) atoms. The van der Waals surface area contributed by atoms with Crippen LogP contribution in [-0.2, 0) is 4.79 Å². The van der Waals surface area contributed by atoms with Crippen LogP contribution in [-0.4, -0.2) is 43.0 Å². The van der Waals surface area contributed by atoms with Gasteiger partial charge in [0.2, 0.25) is 5.91 Å². The Morgan fingerprint density at radius 1 is 1.56 bits per heavy atom. The summed E-state index contributed by atoms with van der Waals surface area (Å²) in [7, 11) is 0. The first kappa shape index (κ1) is 15.4. The fraction of sp³-hybridized carbons (Fsp3) is 0.929. The third-order valence-corrected chi connectivity index (χ3v) is 3.86. The van der Waals surface area contributed by atoms with Crippen LogP contribution in [0.5, 0.6) is 0 Å². The third-order valence-electron chi connectivity index (χ3n) is 3.86. The summed E-state index contributed by atoms with van der Waals surface area (Å²) < 4.78 is 0. The first-order valence-electron chi connectivity index (χ1n) is 7.37. The average Bonchev–Trinajstić information content (AvgIpc) is 2.35. The Kier molecular flexibility index (Phi) is 7.28. The number of likely N-dealkylation sites (tertiary alicyclic amines) is 1. The highest BCUT2D eigenvalue weighted by Crippen LogP contribution is 2.19. The number of amides is 1. The second-order valence-electron chi connectivity index (χ2n) is 5.52. The first-order chi connectivity index (χ1) is 8.63. The van der Waals surface area contributed by atoms with E-state index in [1.807, 2.05) is 0 Å². The largest absolute Gasteiger partial charge is 0.370 e. The van der Waals surface area contributed by atoms with Crippen LogP contribution in [0.15, 0.2) is 0 Å². The van der Waals surface area contributed by atoms with Crippen molar-refractivity contribution in [1.29, 1.82) is 0 Å². The Hall–Kier alpha value is -0.610. The second kappa shape index (κ2) is 8.48. The summed E-state index contributed by atoms with van der Waals surface area (Å²) in [5, 5.41) is 3.54. The van der Waals surface area contributed by atoms with E-state index in [2.05, 4.69) is 24.1 Å². The van der Waals surface area contributed by atoms with E-state index < -0.39 is 0 Å². The fourth-order valence-corrected chi connectivity index (χ4v) is 2.78. The number of primary amides is 1. The van der Waals surface area contributed by atoms with Crippen molar-refractivity contribution < 1.29 is 4.79 Å². The van der Waals surface area contributed by atoms with Crippen molar-refractivity contribution in [3.63, 3.8) is 0 Å². The topological polar surface area (TPSA) is 58.4 Å². The maximum absolute atomic E-state index is 10.6. The van der Waals surface area contributed by atoms with Crippen molar-refractivity contribution in [1.82, 2.24) is 10.2 Å². The number of nitrogens with two attached hydrogens (primary N) is 1. The maximum Gasteiger partial charge on any atom is 0.217 e. The minimum absolute atomic E-state index is 0.198. The molecule has 1 saturated heterocycles. The van der Waals surface area contributed by atoms with E-state index in [-0.39, 0.29) is 5.91 Å². The van der Waals surface area contributed by atoms with Gasteiger partial charge in [-0.3, -0.25) is 4.79 Å². The highest BCUT2D eigenvalue weighted by atomic mass is 16.1. The molecule has 4 heteroatoms. The summed E-state index contributed by atoms with van der Waals surface area (Å²) in [6.45, 7) is 9.12. The van der Waals surface area contributed by atoms with Crippen LogP contribution >= 0.6 is 0 Å².